The molecule has 2 amide bonds. The highest BCUT2D eigenvalue weighted by Crippen LogP contribution is 2.32. The summed E-state index contributed by atoms with van der Waals surface area (Å²) in [6, 6.07) is 13.8. The highest BCUT2D eigenvalue weighted by molar-refractivity contribution is 5.80. The van der Waals surface area contributed by atoms with E-state index in [2.05, 4.69) is 70.6 Å². The Morgan fingerprint density at radius 1 is 1.03 bits per heavy atom. The van der Waals surface area contributed by atoms with Crippen LogP contribution in [0.3, 0.4) is 0 Å². The van der Waals surface area contributed by atoms with E-state index in [1.54, 1.807) is 4.90 Å². The van der Waals surface area contributed by atoms with E-state index in [1.165, 1.54) is 37.1 Å². The van der Waals surface area contributed by atoms with Crippen molar-refractivity contribution in [1.82, 2.24) is 24.7 Å². The van der Waals surface area contributed by atoms with Crippen molar-refractivity contribution in [3.63, 3.8) is 0 Å². The van der Waals surface area contributed by atoms with Gasteiger partial charge in [0.2, 0.25) is 0 Å². The molecule has 0 bridgehead atoms. The second kappa shape index (κ2) is 10.9. The minimum Gasteiger partial charge on any atom is -0.366 e. The SMILES string of the molecule is CC(C)N1CCC(c2ccc(-c3cc4c(N5CCN(C(=O)NCCF)CC5)ccnn4c3)cc2)CC1. The van der Waals surface area contributed by atoms with E-state index < -0.39 is 6.67 Å². The van der Waals surface area contributed by atoms with Crippen LogP contribution in [-0.4, -0.2) is 84.0 Å². The van der Waals surface area contributed by atoms with E-state index in [0.717, 1.165) is 29.9 Å². The summed E-state index contributed by atoms with van der Waals surface area (Å²) < 4.78 is 14.3. The van der Waals surface area contributed by atoms with Gasteiger partial charge in [-0.3, -0.25) is 0 Å². The van der Waals surface area contributed by atoms with E-state index in [9.17, 15) is 9.18 Å². The lowest BCUT2D eigenvalue weighted by Gasteiger charge is -2.36. The molecule has 5 rings (SSSR count). The maximum absolute atomic E-state index is 12.4. The predicted molar refractivity (Wildman–Crippen MR) is 142 cm³/mol. The number of hydrogen-bond acceptors (Lipinski definition) is 4. The van der Waals surface area contributed by atoms with Crippen molar-refractivity contribution in [2.24, 2.45) is 0 Å². The van der Waals surface area contributed by atoms with Gasteiger partial charge in [0, 0.05) is 56.7 Å². The van der Waals surface area contributed by atoms with Gasteiger partial charge in [-0.05, 0) is 69.0 Å². The number of halogens is 1. The van der Waals surface area contributed by atoms with Gasteiger partial charge in [0.15, 0.2) is 0 Å². The molecule has 3 aromatic rings. The van der Waals surface area contributed by atoms with Gasteiger partial charge in [0.1, 0.15) is 6.67 Å². The number of anilines is 1. The van der Waals surface area contributed by atoms with E-state index >= 15 is 0 Å². The number of piperazine rings is 1. The summed E-state index contributed by atoms with van der Waals surface area (Å²) >= 11 is 0. The molecule has 2 aliphatic rings. The zero-order valence-corrected chi connectivity index (χ0v) is 21.4. The Balaban J connectivity index is 1.27. The number of carbonyl (C=O) groups is 1. The number of likely N-dealkylation sites (tertiary alicyclic amines) is 1. The average Bonchev–Trinajstić information content (AvgIpc) is 3.36. The second-order valence-electron chi connectivity index (χ2n) is 10.2. The fraction of sp³-hybridized carbons (Fsp3) is 0.500. The molecule has 2 fully saturated rings. The quantitative estimate of drug-likeness (QED) is 0.555. The van der Waals surface area contributed by atoms with E-state index in [-0.39, 0.29) is 12.6 Å². The van der Waals surface area contributed by atoms with Crippen molar-refractivity contribution in [3.8, 4) is 11.1 Å². The summed E-state index contributed by atoms with van der Waals surface area (Å²) in [6.45, 7) is 9.13. The molecule has 192 valence electrons. The van der Waals surface area contributed by atoms with Crippen molar-refractivity contribution < 1.29 is 9.18 Å². The molecular weight excluding hydrogens is 455 g/mol. The van der Waals surface area contributed by atoms with E-state index in [0.29, 0.717) is 25.0 Å². The molecule has 0 radical (unpaired) electrons. The van der Waals surface area contributed by atoms with Crippen molar-refractivity contribution in [3.05, 3.63) is 54.4 Å². The molecule has 36 heavy (non-hydrogen) atoms. The Kier molecular flexibility index (Phi) is 7.41. The van der Waals surface area contributed by atoms with Crippen molar-refractivity contribution in [1.29, 1.82) is 0 Å². The van der Waals surface area contributed by atoms with Crippen molar-refractivity contribution in [2.45, 2.75) is 38.6 Å². The molecule has 0 saturated carbocycles. The van der Waals surface area contributed by atoms with Crippen molar-refractivity contribution in [2.75, 3.05) is 57.4 Å². The monoisotopic (exact) mass is 492 g/mol. The first kappa shape index (κ1) is 24.6. The minimum absolute atomic E-state index is 0.0648. The standard InChI is InChI=1S/C28H37FN6O/c1-21(2)32-13-8-24(9-14-32)22-3-5-23(6-4-22)25-19-27-26(7-11-31-35(27)20-25)33-15-17-34(18-16-33)28(36)30-12-10-29/h3-7,11,19-21,24H,8-10,12-18H2,1-2H3,(H,30,36). The van der Waals surface area contributed by atoms with Gasteiger partial charge in [0.05, 0.1) is 11.2 Å². The van der Waals surface area contributed by atoms with Crippen LogP contribution in [0.2, 0.25) is 0 Å². The van der Waals surface area contributed by atoms with Crippen LogP contribution in [0, 0.1) is 0 Å². The van der Waals surface area contributed by atoms with Crippen LogP contribution >= 0.6 is 0 Å². The lowest BCUT2D eigenvalue weighted by atomic mass is 9.88. The fourth-order valence-electron chi connectivity index (χ4n) is 5.54. The molecule has 2 aromatic heterocycles. The zero-order valence-electron chi connectivity index (χ0n) is 21.4. The Bertz CT molecular complexity index is 1160. The lowest BCUT2D eigenvalue weighted by Crippen LogP contribution is -2.52. The molecule has 0 aliphatic carbocycles. The number of alkyl halides is 1. The average molecular weight is 493 g/mol. The summed E-state index contributed by atoms with van der Waals surface area (Å²) in [4.78, 5) is 18.8. The number of piperidine rings is 1. The highest BCUT2D eigenvalue weighted by atomic mass is 19.1. The summed E-state index contributed by atoms with van der Waals surface area (Å²) in [6.07, 6.45) is 6.38. The molecule has 4 heterocycles. The van der Waals surface area contributed by atoms with Crippen LogP contribution < -0.4 is 10.2 Å². The molecule has 7 nitrogen and oxygen atoms in total. The first-order valence-electron chi connectivity index (χ1n) is 13.2. The molecule has 2 saturated heterocycles. The number of nitrogens with one attached hydrogen (secondary N) is 1. The number of amides is 2. The maximum Gasteiger partial charge on any atom is 0.317 e. The van der Waals surface area contributed by atoms with E-state index in [1.807, 2.05) is 16.8 Å². The molecule has 1 aromatic carbocycles. The van der Waals surface area contributed by atoms with Gasteiger partial charge in [-0.15, -0.1) is 0 Å². The molecule has 8 heteroatoms. The van der Waals surface area contributed by atoms with Crippen LogP contribution in [0.1, 0.15) is 38.2 Å². The van der Waals surface area contributed by atoms with Crippen LogP contribution in [0.15, 0.2) is 48.8 Å². The highest BCUT2D eigenvalue weighted by Gasteiger charge is 2.24. The van der Waals surface area contributed by atoms with Crippen LogP contribution in [0.5, 0.6) is 0 Å². The summed E-state index contributed by atoms with van der Waals surface area (Å²) in [7, 11) is 0. The lowest BCUT2D eigenvalue weighted by molar-refractivity contribution is 0.172. The van der Waals surface area contributed by atoms with Gasteiger partial charge in [-0.25, -0.2) is 13.7 Å². The number of hydrogen-bond donors (Lipinski definition) is 1. The van der Waals surface area contributed by atoms with Gasteiger partial charge >= 0.3 is 6.03 Å². The Hall–Kier alpha value is -3.13. The van der Waals surface area contributed by atoms with Gasteiger partial charge in [0.25, 0.3) is 0 Å². The van der Waals surface area contributed by atoms with Crippen molar-refractivity contribution >= 4 is 17.2 Å². The van der Waals surface area contributed by atoms with Gasteiger partial charge in [-0.1, -0.05) is 24.3 Å². The molecular formula is C28H37FN6O. The molecule has 0 unspecified atom stereocenters. The first-order chi connectivity index (χ1) is 17.5. The minimum atomic E-state index is -0.544. The van der Waals surface area contributed by atoms with Gasteiger partial charge < -0.3 is 20.0 Å². The zero-order chi connectivity index (χ0) is 25.1. The van der Waals surface area contributed by atoms with Crippen LogP contribution in [0.25, 0.3) is 16.6 Å². The molecule has 0 spiro atoms. The van der Waals surface area contributed by atoms with Crippen LogP contribution in [-0.2, 0) is 0 Å². The Morgan fingerprint density at radius 2 is 1.75 bits per heavy atom. The first-order valence-corrected chi connectivity index (χ1v) is 13.2. The topological polar surface area (TPSA) is 56.1 Å². The number of aromatic nitrogens is 2. The second-order valence-corrected chi connectivity index (χ2v) is 10.2. The number of nitrogens with zero attached hydrogens (tertiary/aromatic N) is 5. The molecule has 1 N–H and O–H groups in total. The summed E-state index contributed by atoms with van der Waals surface area (Å²) in [5.74, 6) is 0.646. The maximum atomic E-state index is 12.4. The van der Waals surface area contributed by atoms with E-state index in [4.69, 9.17) is 0 Å². The third kappa shape index (κ3) is 5.19. The number of carbonyl (C=O) groups excluding carboxylic acids is 1. The van der Waals surface area contributed by atoms with Gasteiger partial charge in [-0.2, -0.15) is 5.10 Å². The molecule has 0 atom stereocenters. The van der Waals surface area contributed by atoms with Crippen LogP contribution in [0.4, 0.5) is 14.9 Å². The Labute approximate surface area is 212 Å². The third-order valence-electron chi connectivity index (χ3n) is 7.74. The summed E-state index contributed by atoms with van der Waals surface area (Å²) in [5.41, 5.74) is 5.98. The number of rotatable bonds is 6. The summed E-state index contributed by atoms with van der Waals surface area (Å²) in [5, 5.41) is 7.16. The smallest absolute Gasteiger partial charge is 0.317 e. The molecule has 2 aliphatic heterocycles. The fourth-order valence-corrected chi connectivity index (χ4v) is 5.54. The third-order valence-corrected chi connectivity index (χ3v) is 7.74. The predicted octanol–water partition coefficient (Wildman–Crippen LogP) is 4.39. The number of benzene rings is 1. The largest absolute Gasteiger partial charge is 0.366 e. The number of urea groups is 1. The Morgan fingerprint density at radius 3 is 2.42 bits per heavy atom. The normalized spacial score (nSPS) is 17.8. The number of fused-ring (bicyclic) bond motifs is 1.